The highest BCUT2D eigenvalue weighted by molar-refractivity contribution is 6.34. The molecule has 0 aliphatic carbocycles. The van der Waals surface area contributed by atoms with E-state index >= 15 is 4.39 Å². The predicted octanol–water partition coefficient (Wildman–Crippen LogP) is 6.49. The number of para-hydroxylation sites is 1. The first-order valence-electron chi connectivity index (χ1n) is 11.9. The largest absolute Gasteiger partial charge is 0.433 e. The van der Waals surface area contributed by atoms with Crippen molar-refractivity contribution in [2.24, 2.45) is 5.41 Å². The minimum atomic E-state index is -4.63. The van der Waals surface area contributed by atoms with Gasteiger partial charge in [-0.3, -0.25) is 9.59 Å². The van der Waals surface area contributed by atoms with E-state index in [0.29, 0.717) is 5.39 Å². The van der Waals surface area contributed by atoms with Crippen LogP contribution in [0.5, 0.6) is 0 Å². The molecule has 0 radical (unpaired) electrons. The third-order valence-corrected chi connectivity index (χ3v) is 6.03. The monoisotopic (exact) mass is 574 g/mol. The molecule has 4 rings (SSSR count). The molecule has 0 spiro atoms. The summed E-state index contributed by atoms with van der Waals surface area (Å²) in [6, 6.07) is 10.8. The average Bonchev–Trinajstić information content (AvgIpc) is 2.88. The topological polar surface area (TPSA) is 109 Å². The van der Waals surface area contributed by atoms with Gasteiger partial charge < -0.3 is 16.0 Å². The maximum atomic E-state index is 15.4. The van der Waals surface area contributed by atoms with Crippen LogP contribution < -0.4 is 16.0 Å². The van der Waals surface area contributed by atoms with E-state index in [4.69, 9.17) is 11.6 Å². The number of nitrogens with one attached hydrogen (secondary N) is 3. The molecule has 2 aromatic heterocycles. The van der Waals surface area contributed by atoms with Crippen LogP contribution in [0.1, 0.15) is 42.4 Å². The van der Waals surface area contributed by atoms with E-state index < -0.39 is 34.6 Å². The molecule has 13 heteroatoms. The van der Waals surface area contributed by atoms with Gasteiger partial charge in [-0.15, -0.1) is 0 Å². The third-order valence-electron chi connectivity index (χ3n) is 5.72. The molecule has 2 aromatic carbocycles. The Morgan fingerprint density at radius 1 is 0.975 bits per heavy atom. The number of alkyl halides is 3. The van der Waals surface area contributed by atoms with Crippen LogP contribution in [0.2, 0.25) is 5.02 Å². The fourth-order valence-electron chi connectivity index (χ4n) is 3.64. The van der Waals surface area contributed by atoms with Crippen LogP contribution in [0.3, 0.4) is 0 Å². The molecule has 8 nitrogen and oxygen atoms in total. The summed E-state index contributed by atoms with van der Waals surface area (Å²) in [6.45, 7) is 4.98. The number of halogens is 5. The molecule has 208 valence electrons. The summed E-state index contributed by atoms with van der Waals surface area (Å²) in [7, 11) is 0. The molecule has 0 saturated heterocycles. The lowest BCUT2D eigenvalue weighted by Gasteiger charge is -2.18. The Kier molecular flexibility index (Phi) is 7.92. The van der Waals surface area contributed by atoms with Crippen molar-refractivity contribution in [2.45, 2.75) is 33.5 Å². The number of carbonyl (C=O) groups is 2. The van der Waals surface area contributed by atoms with Crippen LogP contribution in [0, 0.1) is 11.2 Å². The summed E-state index contributed by atoms with van der Waals surface area (Å²) < 4.78 is 54.6. The van der Waals surface area contributed by atoms with Crippen molar-refractivity contribution in [1.82, 2.24) is 20.3 Å². The Morgan fingerprint density at radius 3 is 2.40 bits per heavy atom. The minimum Gasteiger partial charge on any atom is -0.351 e. The average molecular weight is 575 g/mol. The van der Waals surface area contributed by atoms with Gasteiger partial charge in [-0.25, -0.2) is 19.3 Å². The number of aromatic nitrogens is 3. The zero-order valence-electron chi connectivity index (χ0n) is 21.5. The predicted molar refractivity (Wildman–Crippen MR) is 143 cm³/mol. The fraction of sp³-hybridized carbons (Fsp3) is 0.222. The van der Waals surface area contributed by atoms with Gasteiger partial charge in [-0.2, -0.15) is 13.2 Å². The van der Waals surface area contributed by atoms with Gasteiger partial charge in [0.2, 0.25) is 5.91 Å². The SMILES string of the molecule is CC(C)(C)C(=O)NCc1ccc(Cl)c(C(=O)Nc2cccc3c(Nc4cccc(C(F)(F)F)n4)ncnc23)c1F. The molecule has 0 unspecified atom stereocenters. The standard InChI is InChI=1S/C27H23ClF4N6O2/c1-26(2,3)25(40)33-12-14-10-11-16(28)20(21(14)29)24(39)36-17-7-4-6-15-22(17)34-13-35-23(15)38-19-9-5-8-18(37-19)27(30,31)32/h4-11,13H,12H2,1-3H3,(H,33,40)(H,36,39)(H,34,35,37,38). The van der Waals surface area contributed by atoms with E-state index in [0.717, 1.165) is 12.4 Å². The normalized spacial score (nSPS) is 11.8. The third kappa shape index (κ3) is 6.28. The van der Waals surface area contributed by atoms with E-state index in [-0.39, 0.29) is 45.9 Å². The van der Waals surface area contributed by atoms with Gasteiger partial charge in [-0.05, 0) is 30.3 Å². The highest BCUT2D eigenvalue weighted by Gasteiger charge is 2.32. The molecular weight excluding hydrogens is 552 g/mol. The summed E-state index contributed by atoms with van der Waals surface area (Å²) in [5.74, 6) is -2.03. The quantitative estimate of drug-likeness (QED) is 0.227. The lowest BCUT2D eigenvalue weighted by atomic mass is 9.95. The summed E-state index contributed by atoms with van der Waals surface area (Å²) in [6.07, 6.45) is -3.48. The van der Waals surface area contributed by atoms with Gasteiger partial charge in [-0.1, -0.05) is 50.6 Å². The number of amides is 2. The molecule has 4 aromatic rings. The zero-order valence-corrected chi connectivity index (χ0v) is 22.2. The van der Waals surface area contributed by atoms with E-state index in [1.165, 1.54) is 30.3 Å². The Balaban J connectivity index is 1.62. The van der Waals surface area contributed by atoms with Crippen molar-refractivity contribution in [2.75, 3.05) is 10.6 Å². The number of fused-ring (bicyclic) bond motifs is 1. The molecule has 0 saturated carbocycles. The molecule has 0 aliphatic heterocycles. The number of nitrogens with zero attached hydrogens (tertiary/aromatic N) is 3. The van der Waals surface area contributed by atoms with Crippen LogP contribution in [0.15, 0.2) is 54.9 Å². The summed E-state index contributed by atoms with van der Waals surface area (Å²) in [5.41, 5.74) is -1.74. The van der Waals surface area contributed by atoms with Crippen LogP contribution in [-0.4, -0.2) is 26.8 Å². The van der Waals surface area contributed by atoms with Gasteiger partial charge in [0.15, 0.2) is 0 Å². The van der Waals surface area contributed by atoms with Crippen molar-refractivity contribution in [3.05, 3.63) is 82.5 Å². The second-order valence-electron chi connectivity index (χ2n) is 9.74. The molecule has 0 aliphatic rings. The second kappa shape index (κ2) is 11.0. The van der Waals surface area contributed by atoms with Crippen molar-refractivity contribution in [3.8, 4) is 0 Å². The van der Waals surface area contributed by atoms with E-state index in [1.54, 1.807) is 32.9 Å². The van der Waals surface area contributed by atoms with Crippen LogP contribution >= 0.6 is 11.6 Å². The summed E-state index contributed by atoms with van der Waals surface area (Å²) in [4.78, 5) is 37.2. The lowest BCUT2D eigenvalue weighted by Crippen LogP contribution is -2.34. The number of hydrogen-bond acceptors (Lipinski definition) is 6. The highest BCUT2D eigenvalue weighted by Crippen LogP contribution is 2.31. The van der Waals surface area contributed by atoms with Crippen molar-refractivity contribution in [1.29, 1.82) is 0 Å². The summed E-state index contributed by atoms with van der Waals surface area (Å²) in [5, 5.41) is 8.17. The first kappa shape index (κ1) is 28.7. The molecule has 0 atom stereocenters. The maximum absolute atomic E-state index is 15.4. The first-order valence-corrected chi connectivity index (χ1v) is 12.2. The Morgan fingerprint density at radius 2 is 1.70 bits per heavy atom. The van der Waals surface area contributed by atoms with Crippen LogP contribution in [0.25, 0.3) is 10.9 Å². The highest BCUT2D eigenvalue weighted by atomic mass is 35.5. The molecule has 2 heterocycles. The fourth-order valence-corrected chi connectivity index (χ4v) is 3.87. The van der Waals surface area contributed by atoms with Gasteiger partial charge in [0, 0.05) is 22.9 Å². The molecule has 3 N–H and O–H groups in total. The number of carbonyl (C=O) groups excluding carboxylic acids is 2. The molecule has 0 fully saturated rings. The van der Waals surface area contributed by atoms with Crippen LogP contribution in [0.4, 0.5) is 34.9 Å². The Bertz CT molecular complexity index is 1600. The van der Waals surface area contributed by atoms with Crippen LogP contribution in [-0.2, 0) is 17.5 Å². The molecule has 40 heavy (non-hydrogen) atoms. The molecule has 2 amide bonds. The first-order chi connectivity index (χ1) is 18.8. The van der Waals surface area contributed by atoms with Crippen molar-refractivity contribution >= 4 is 51.6 Å². The van der Waals surface area contributed by atoms with E-state index in [2.05, 4.69) is 30.9 Å². The van der Waals surface area contributed by atoms with Crippen molar-refractivity contribution < 1.29 is 27.2 Å². The number of hydrogen-bond donors (Lipinski definition) is 3. The van der Waals surface area contributed by atoms with Gasteiger partial charge in [0.1, 0.15) is 29.5 Å². The number of anilines is 3. The molecular formula is C27H23ClF4N6O2. The van der Waals surface area contributed by atoms with Gasteiger partial charge in [0.25, 0.3) is 5.91 Å². The number of benzene rings is 2. The molecule has 0 bridgehead atoms. The number of rotatable bonds is 6. The second-order valence-corrected chi connectivity index (χ2v) is 10.1. The van der Waals surface area contributed by atoms with E-state index in [9.17, 15) is 22.8 Å². The number of pyridine rings is 1. The lowest BCUT2D eigenvalue weighted by molar-refractivity contribution is -0.141. The van der Waals surface area contributed by atoms with Crippen molar-refractivity contribution in [3.63, 3.8) is 0 Å². The maximum Gasteiger partial charge on any atom is 0.433 e. The minimum absolute atomic E-state index is 0.0625. The van der Waals surface area contributed by atoms with E-state index in [1.807, 2.05) is 0 Å². The smallest absolute Gasteiger partial charge is 0.351 e. The van der Waals surface area contributed by atoms with Gasteiger partial charge >= 0.3 is 6.18 Å². The zero-order chi connectivity index (χ0) is 29.2. The Hall–Kier alpha value is -4.32. The summed E-state index contributed by atoms with van der Waals surface area (Å²) >= 11 is 6.17. The Labute approximate surface area is 231 Å². The van der Waals surface area contributed by atoms with Gasteiger partial charge in [0.05, 0.1) is 21.8 Å².